The molecule has 23 heavy (non-hydrogen) atoms. The molecule has 2 fully saturated rings. The molecule has 0 bridgehead atoms. The summed E-state index contributed by atoms with van der Waals surface area (Å²) in [6.07, 6.45) is -2.28. The smallest absolute Gasteiger partial charge is 0.326 e. The molecule has 1 unspecified atom stereocenters. The van der Waals surface area contributed by atoms with Gasteiger partial charge in [-0.05, 0) is 55.8 Å². The van der Waals surface area contributed by atoms with Crippen LogP contribution in [0.5, 0.6) is 0 Å². The Balaban J connectivity index is 1.63. The summed E-state index contributed by atoms with van der Waals surface area (Å²) in [7, 11) is 0. The van der Waals surface area contributed by atoms with Crippen LogP contribution in [0.1, 0.15) is 31.2 Å². The molecule has 1 aromatic rings. The van der Waals surface area contributed by atoms with Crippen molar-refractivity contribution in [1.29, 1.82) is 0 Å². The Kier molecular flexibility index (Phi) is 4.36. The molecule has 1 spiro atoms. The van der Waals surface area contributed by atoms with Crippen molar-refractivity contribution in [2.45, 2.75) is 38.3 Å². The highest BCUT2D eigenvalue weighted by Crippen LogP contribution is 2.58. The number of aryl methyl sites for hydroxylation is 1. The highest BCUT2D eigenvalue weighted by molar-refractivity contribution is 5.95. The minimum atomic E-state index is -4.19. The molecule has 1 aliphatic heterocycles. The number of carbonyl (C=O) groups is 1. The van der Waals surface area contributed by atoms with Gasteiger partial charge in [-0.15, -0.1) is 0 Å². The fraction of sp³-hybridized carbons (Fsp3) is 0.588. The van der Waals surface area contributed by atoms with Gasteiger partial charge in [-0.1, -0.05) is 18.2 Å². The van der Waals surface area contributed by atoms with E-state index in [1.165, 1.54) is 0 Å². The number of nitrogens with one attached hydrogen (secondary N) is 2. The summed E-state index contributed by atoms with van der Waals surface area (Å²) in [5.74, 6) is -0.0494. The molecule has 3 rings (SSSR count). The average Bonchev–Trinajstić information content (AvgIpc) is 3.19. The van der Waals surface area contributed by atoms with Crippen LogP contribution < -0.4 is 10.6 Å². The van der Waals surface area contributed by atoms with Crippen molar-refractivity contribution in [3.05, 3.63) is 29.8 Å². The second-order valence-corrected chi connectivity index (χ2v) is 6.63. The first-order chi connectivity index (χ1) is 10.9. The van der Waals surface area contributed by atoms with Gasteiger partial charge in [-0.3, -0.25) is 4.79 Å². The number of anilines is 1. The predicted molar refractivity (Wildman–Crippen MR) is 82.1 cm³/mol. The van der Waals surface area contributed by atoms with Crippen LogP contribution in [0.4, 0.5) is 18.9 Å². The number of rotatable bonds is 4. The second kappa shape index (κ2) is 6.15. The molecule has 1 saturated carbocycles. The van der Waals surface area contributed by atoms with Gasteiger partial charge < -0.3 is 10.6 Å². The van der Waals surface area contributed by atoms with E-state index in [9.17, 15) is 18.0 Å². The minimum Gasteiger partial charge on any atom is -0.326 e. The van der Waals surface area contributed by atoms with E-state index in [1.807, 2.05) is 0 Å². The van der Waals surface area contributed by atoms with Gasteiger partial charge in [0.15, 0.2) is 0 Å². The topological polar surface area (TPSA) is 41.1 Å². The van der Waals surface area contributed by atoms with Crippen LogP contribution >= 0.6 is 0 Å². The van der Waals surface area contributed by atoms with Crippen LogP contribution in [-0.2, 0) is 11.2 Å². The third-order valence-electron chi connectivity index (χ3n) is 5.06. The molecule has 6 heteroatoms. The van der Waals surface area contributed by atoms with E-state index in [2.05, 4.69) is 10.6 Å². The largest absolute Gasteiger partial charge is 0.389 e. The summed E-state index contributed by atoms with van der Waals surface area (Å²) in [6, 6.07) is 6.77. The highest BCUT2D eigenvalue weighted by Gasteiger charge is 2.57. The van der Waals surface area contributed by atoms with Gasteiger partial charge >= 0.3 is 6.18 Å². The molecule has 1 heterocycles. The van der Waals surface area contributed by atoms with Crippen molar-refractivity contribution in [3.63, 3.8) is 0 Å². The summed E-state index contributed by atoms with van der Waals surface area (Å²) >= 11 is 0. The van der Waals surface area contributed by atoms with Gasteiger partial charge in [0.05, 0.1) is 0 Å². The van der Waals surface area contributed by atoms with Crippen molar-refractivity contribution in [2.75, 3.05) is 18.4 Å². The molecular formula is C17H21F3N2O. The molecule has 0 aromatic heterocycles. The standard InChI is InChI=1S/C17H21F3N2O/c18-17(19,20)6-5-12-3-1-2-4-14(12)22-15(23)13-11-16(13)7-9-21-10-8-16/h1-4,13,21H,5-11H2,(H,22,23). The van der Waals surface area contributed by atoms with Gasteiger partial charge in [0.1, 0.15) is 0 Å². The van der Waals surface area contributed by atoms with E-state index in [4.69, 9.17) is 0 Å². The van der Waals surface area contributed by atoms with Crippen LogP contribution in [0.2, 0.25) is 0 Å². The van der Waals surface area contributed by atoms with E-state index in [0.717, 1.165) is 32.4 Å². The van der Waals surface area contributed by atoms with Crippen LogP contribution in [0.25, 0.3) is 0 Å². The Morgan fingerprint density at radius 1 is 1.26 bits per heavy atom. The van der Waals surface area contributed by atoms with Crippen molar-refractivity contribution in [1.82, 2.24) is 5.32 Å². The van der Waals surface area contributed by atoms with Crippen molar-refractivity contribution < 1.29 is 18.0 Å². The Labute approximate surface area is 133 Å². The van der Waals surface area contributed by atoms with E-state index in [1.54, 1.807) is 24.3 Å². The van der Waals surface area contributed by atoms with Crippen LogP contribution in [-0.4, -0.2) is 25.2 Å². The first kappa shape index (κ1) is 16.3. The minimum absolute atomic E-state index is 0.000252. The lowest BCUT2D eigenvalue weighted by Crippen LogP contribution is -2.31. The van der Waals surface area contributed by atoms with E-state index in [0.29, 0.717) is 11.3 Å². The molecule has 1 aliphatic carbocycles. The quantitative estimate of drug-likeness (QED) is 0.889. The monoisotopic (exact) mass is 326 g/mol. The number of carbonyl (C=O) groups excluding carboxylic acids is 1. The maximum absolute atomic E-state index is 12.4. The van der Waals surface area contributed by atoms with Crippen LogP contribution in [0.15, 0.2) is 24.3 Å². The Bertz CT molecular complexity index is 579. The molecule has 0 radical (unpaired) electrons. The zero-order chi connectivity index (χ0) is 16.5. The molecule has 1 saturated heterocycles. The summed E-state index contributed by atoms with van der Waals surface area (Å²) in [5, 5.41) is 6.14. The fourth-order valence-electron chi connectivity index (χ4n) is 3.55. The molecule has 1 aromatic carbocycles. The van der Waals surface area contributed by atoms with E-state index < -0.39 is 12.6 Å². The third-order valence-corrected chi connectivity index (χ3v) is 5.06. The Morgan fingerprint density at radius 3 is 2.65 bits per heavy atom. The molecule has 3 nitrogen and oxygen atoms in total. The Morgan fingerprint density at radius 2 is 1.96 bits per heavy atom. The molecule has 1 atom stereocenters. The van der Waals surface area contributed by atoms with Crippen molar-refractivity contribution in [3.8, 4) is 0 Å². The van der Waals surface area contributed by atoms with Crippen LogP contribution in [0, 0.1) is 11.3 Å². The number of amides is 1. The molecule has 1 amide bonds. The Hall–Kier alpha value is -1.56. The molecule has 2 aliphatic rings. The van der Waals surface area contributed by atoms with Gasteiger partial charge in [0, 0.05) is 18.0 Å². The number of para-hydroxylation sites is 1. The van der Waals surface area contributed by atoms with Gasteiger partial charge in [0.25, 0.3) is 0 Å². The fourth-order valence-corrected chi connectivity index (χ4v) is 3.55. The SMILES string of the molecule is O=C(Nc1ccccc1CCC(F)(F)F)C1CC12CCNCC2. The summed E-state index contributed by atoms with van der Waals surface area (Å²) in [4.78, 5) is 12.4. The maximum atomic E-state index is 12.4. The molecular weight excluding hydrogens is 305 g/mol. The predicted octanol–water partition coefficient (Wildman–Crippen LogP) is 3.51. The highest BCUT2D eigenvalue weighted by atomic mass is 19.4. The number of halogens is 3. The van der Waals surface area contributed by atoms with Gasteiger partial charge in [-0.2, -0.15) is 13.2 Å². The van der Waals surface area contributed by atoms with Crippen LogP contribution in [0.3, 0.4) is 0 Å². The van der Waals surface area contributed by atoms with Gasteiger partial charge in [0.2, 0.25) is 5.91 Å². The van der Waals surface area contributed by atoms with Gasteiger partial charge in [-0.25, -0.2) is 0 Å². The zero-order valence-corrected chi connectivity index (χ0v) is 12.9. The summed E-state index contributed by atoms with van der Waals surface area (Å²) in [6.45, 7) is 1.87. The number of hydrogen-bond acceptors (Lipinski definition) is 2. The second-order valence-electron chi connectivity index (χ2n) is 6.63. The molecule has 2 N–H and O–H groups in total. The van der Waals surface area contributed by atoms with Crippen molar-refractivity contribution in [2.24, 2.45) is 11.3 Å². The molecule has 126 valence electrons. The lowest BCUT2D eigenvalue weighted by molar-refractivity contribution is -0.133. The third kappa shape index (κ3) is 3.86. The average molecular weight is 326 g/mol. The maximum Gasteiger partial charge on any atom is 0.389 e. The summed E-state index contributed by atoms with van der Waals surface area (Å²) < 4.78 is 37.3. The van der Waals surface area contributed by atoms with E-state index >= 15 is 0 Å². The first-order valence-electron chi connectivity index (χ1n) is 8.06. The number of hydrogen-bond donors (Lipinski definition) is 2. The normalized spacial score (nSPS) is 22.8. The number of piperidine rings is 1. The zero-order valence-electron chi connectivity index (χ0n) is 12.9. The number of alkyl halides is 3. The summed E-state index contributed by atoms with van der Waals surface area (Å²) in [5.41, 5.74) is 1.17. The van der Waals surface area contributed by atoms with E-state index in [-0.39, 0.29) is 23.7 Å². The number of benzene rings is 1. The van der Waals surface area contributed by atoms with Crippen molar-refractivity contribution >= 4 is 11.6 Å². The lowest BCUT2D eigenvalue weighted by Gasteiger charge is -2.23. The lowest BCUT2D eigenvalue weighted by atomic mass is 9.91. The first-order valence-corrected chi connectivity index (χ1v) is 8.06.